The molecule has 62 valence electrons. The van der Waals surface area contributed by atoms with Crippen molar-refractivity contribution in [3.05, 3.63) is 41.0 Å². The predicted molar refractivity (Wildman–Crippen MR) is 51.5 cm³/mol. The van der Waals surface area contributed by atoms with Gasteiger partial charge in [-0.25, -0.2) is 0 Å². The fraction of sp³-hybridized carbons (Fsp3) is 0. The second kappa shape index (κ2) is 3.04. The fourth-order valence-corrected chi connectivity index (χ4v) is 1.45. The van der Waals surface area contributed by atoms with Gasteiger partial charge in [0.25, 0.3) is 0 Å². The third kappa shape index (κ3) is 1.24. The third-order valence-corrected chi connectivity index (χ3v) is 2.15. The van der Waals surface area contributed by atoms with Crippen molar-refractivity contribution in [2.24, 2.45) is 0 Å². The monoisotopic (exact) mass is 188 g/mol. The number of benzene rings is 1. The van der Waals surface area contributed by atoms with Crippen molar-refractivity contribution in [3.8, 4) is 6.07 Å². The molecule has 0 atom stereocenters. The Kier molecular flexibility index (Phi) is 1.88. The molecule has 0 saturated carbocycles. The number of pyridine rings is 1. The first-order valence-electron chi connectivity index (χ1n) is 3.76. The molecule has 0 saturated heterocycles. The summed E-state index contributed by atoms with van der Waals surface area (Å²) in [6, 6.07) is 9.12. The van der Waals surface area contributed by atoms with Crippen molar-refractivity contribution in [1.29, 1.82) is 5.26 Å². The molecule has 0 amide bonds. The van der Waals surface area contributed by atoms with Gasteiger partial charge < -0.3 is 0 Å². The van der Waals surface area contributed by atoms with Gasteiger partial charge in [0.2, 0.25) is 0 Å². The third-order valence-electron chi connectivity index (χ3n) is 1.84. The molecule has 0 aliphatic heterocycles. The Labute approximate surface area is 80.4 Å². The normalized spacial score (nSPS) is 9.85. The van der Waals surface area contributed by atoms with E-state index in [1.54, 1.807) is 24.4 Å². The second-order valence-electron chi connectivity index (χ2n) is 2.61. The van der Waals surface area contributed by atoms with E-state index in [1.165, 1.54) is 0 Å². The molecule has 1 heterocycles. The average molecular weight is 189 g/mol. The Hall–Kier alpha value is -1.59. The van der Waals surface area contributed by atoms with Crippen LogP contribution in [-0.2, 0) is 0 Å². The molecule has 2 aromatic rings. The van der Waals surface area contributed by atoms with Crippen LogP contribution >= 0.6 is 11.6 Å². The van der Waals surface area contributed by atoms with E-state index in [2.05, 4.69) is 11.1 Å². The zero-order valence-corrected chi connectivity index (χ0v) is 7.42. The Morgan fingerprint density at radius 1 is 1.31 bits per heavy atom. The minimum atomic E-state index is 0.578. The van der Waals surface area contributed by atoms with Gasteiger partial charge in [-0.3, -0.25) is 4.98 Å². The standard InChI is InChI=1S/C10H5ClN2/c11-9-4-3-7(6-12)8-2-1-5-13-10(8)9/h1-5H. The SMILES string of the molecule is N#Cc1ccc(Cl)c2ncccc12. The van der Waals surface area contributed by atoms with Crippen LogP contribution in [0.3, 0.4) is 0 Å². The van der Waals surface area contributed by atoms with E-state index >= 15 is 0 Å². The highest BCUT2D eigenvalue weighted by Crippen LogP contribution is 2.23. The van der Waals surface area contributed by atoms with Crippen molar-refractivity contribution < 1.29 is 0 Å². The first kappa shape index (κ1) is 8.03. The molecule has 1 aromatic heterocycles. The number of nitrogens with zero attached hydrogens (tertiary/aromatic N) is 2. The fourth-order valence-electron chi connectivity index (χ4n) is 1.24. The maximum Gasteiger partial charge on any atom is 0.0998 e. The maximum atomic E-state index is 8.81. The van der Waals surface area contributed by atoms with Crippen molar-refractivity contribution in [2.75, 3.05) is 0 Å². The van der Waals surface area contributed by atoms with Gasteiger partial charge in [0.15, 0.2) is 0 Å². The van der Waals surface area contributed by atoms with Crippen LogP contribution in [0.2, 0.25) is 5.02 Å². The number of fused-ring (bicyclic) bond motifs is 1. The van der Waals surface area contributed by atoms with Crippen molar-refractivity contribution in [3.63, 3.8) is 0 Å². The van der Waals surface area contributed by atoms with Crippen molar-refractivity contribution in [2.45, 2.75) is 0 Å². The second-order valence-corrected chi connectivity index (χ2v) is 3.01. The Balaban J connectivity index is 2.95. The molecule has 0 aliphatic rings. The van der Waals surface area contributed by atoms with Gasteiger partial charge in [0.05, 0.1) is 22.2 Å². The quantitative estimate of drug-likeness (QED) is 0.638. The summed E-state index contributed by atoms with van der Waals surface area (Å²) in [6.07, 6.45) is 1.66. The van der Waals surface area contributed by atoms with Gasteiger partial charge in [-0.15, -0.1) is 0 Å². The molecule has 0 bridgehead atoms. The zero-order valence-electron chi connectivity index (χ0n) is 6.66. The summed E-state index contributed by atoms with van der Waals surface area (Å²) in [5, 5.41) is 10.2. The van der Waals surface area contributed by atoms with Crippen LogP contribution in [0.15, 0.2) is 30.5 Å². The van der Waals surface area contributed by atoms with E-state index in [0.29, 0.717) is 16.1 Å². The average Bonchev–Trinajstić information content (AvgIpc) is 2.19. The molecule has 0 N–H and O–H groups in total. The van der Waals surface area contributed by atoms with E-state index in [9.17, 15) is 0 Å². The molecule has 0 spiro atoms. The molecule has 0 unspecified atom stereocenters. The lowest BCUT2D eigenvalue weighted by Crippen LogP contribution is -1.83. The molecular formula is C10H5ClN2. The number of aromatic nitrogens is 1. The molecular weight excluding hydrogens is 184 g/mol. The van der Waals surface area contributed by atoms with E-state index in [4.69, 9.17) is 16.9 Å². The highest BCUT2D eigenvalue weighted by Gasteiger charge is 2.03. The topological polar surface area (TPSA) is 36.7 Å². The lowest BCUT2D eigenvalue weighted by molar-refractivity contribution is 1.40. The van der Waals surface area contributed by atoms with Crippen LogP contribution in [0.25, 0.3) is 10.9 Å². The first-order chi connectivity index (χ1) is 6.33. The molecule has 13 heavy (non-hydrogen) atoms. The molecule has 2 nitrogen and oxygen atoms in total. The maximum absolute atomic E-state index is 8.81. The van der Waals surface area contributed by atoms with Gasteiger partial charge in [0, 0.05) is 11.6 Å². The number of rotatable bonds is 0. The summed E-state index contributed by atoms with van der Waals surface area (Å²) in [6.45, 7) is 0. The van der Waals surface area contributed by atoms with Crippen LogP contribution in [0.4, 0.5) is 0 Å². The minimum absolute atomic E-state index is 0.578. The number of hydrogen-bond acceptors (Lipinski definition) is 2. The lowest BCUT2D eigenvalue weighted by Gasteiger charge is -1.99. The van der Waals surface area contributed by atoms with E-state index < -0.39 is 0 Å². The molecule has 3 heteroatoms. The summed E-state index contributed by atoms with van der Waals surface area (Å²) < 4.78 is 0. The summed E-state index contributed by atoms with van der Waals surface area (Å²) in [5.74, 6) is 0. The van der Waals surface area contributed by atoms with Gasteiger partial charge in [-0.2, -0.15) is 5.26 Å². The van der Waals surface area contributed by atoms with Crippen LogP contribution in [0.5, 0.6) is 0 Å². The van der Waals surface area contributed by atoms with Gasteiger partial charge in [-0.05, 0) is 24.3 Å². The lowest BCUT2D eigenvalue weighted by atomic mass is 10.1. The van der Waals surface area contributed by atoms with E-state index in [-0.39, 0.29) is 0 Å². The summed E-state index contributed by atoms with van der Waals surface area (Å²) in [7, 11) is 0. The zero-order chi connectivity index (χ0) is 9.26. The van der Waals surface area contributed by atoms with E-state index in [1.807, 2.05) is 6.07 Å². The summed E-state index contributed by atoms with van der Waals surface area (Å²) in [4.78, 5) is 4.11. The molecule has 2 rings (SSSR count). The Bertz CT molecular complexity index is 500. The number of halogens is 1. The molecule has 1 aromatic carbocycles. The van der Waals surface area contributed by atoms with Crippen LogP contribution in [-0.4, -0.2) is 4.98 Å². The largest absolute Gasteiger partial charge is 0.255 e. The van der Waals surface area contributed by atoms with Gasteiger partial charge in [-0.1, -0.05) is 11.6 Å². The predicted octanol–water partition coefficient (Wildman–Crippen LogP) is 2.76. The molecule has 0 fully saturated rings. The summed E-state index contributed by atoms with van der Waals surface area (Å²) >= 11 is 5.91. The van der Waals surface area contributed by atoms with Crippen LogP contribution in [0.1, 0.15) is 5.56 Å². The smallest absolute Gasteiger partial charge is 0.0998 e. The van der Waals surface area contributed by atoms with Crippen molar-refractivity contribution in [1.82, 2.24) is 4.98 Å². The Morgan fingerprint density at radius 2 is 2.15 bits per heavy atom. The summed E-state index contributed by atoms with van der Waals surface area (Å²) in [5.41, 5.74) is 1.29. The van der Waals surface area contributed by atoms with Gasteiger partial charge >= 0.3 is 0 Å². The van der Waals surface area contributed by atoms with Crippen molar-refractivity contribution >= 4 is 22.5 Å². The first-order valence-corrected chi connectivity index (χ1v) is 4.14. The minimum Gasteiger partial charge on any atom is -0.255 e. The van der Waals surface area contributed by atoms with Crippen LogP contribution in [0, 0.1) is 11.3 Å². The number of hydrogen-bond donors (Lipinski definition) is 0. The Morgan fingerprint density at radius 3 is 2.92 bits per heavy atom. The number of nitriles is 1. The highest BCUT2D eigenvalue weighted by molar-refractivity contribution is 6.35. The van der Waals surface area contributed by atoms with Gasteiger partial charge in [0.1, 0.15) is 0 Å². The highest BCUT2D eigenvalue weighted by atomic mass is 35.5. The molecule has 0 aliphatic carbocycles. The van der Waals surface area contributed by atoms with Crippen LogP contribution < -0.4 is 0 Å². The molecule has 0 radical (unpaired) electrons. The van der Waals surface area contributed by atoms with E-state index in [0.717, 1.165) is 5.39 Å².